The highest BCUT2D eigenvalue weighted by Gasteiger charge is 2.11. The second-order valence-corrected chi connectivity index (χ2v) is 6.97. The van der Waals surface area contributed by atoms with Crippen molar-refractivity contribution >= 4 is 11.3 Å². The summed E-state index contributed by atoms with van der Waals surface area (Å²) in [5, 5.41) is 5.75. The molecule has 3 aromatic rings. The van der Waals surface area contributed by atoms with Gasteiger partial charge in [-0.2, -0.15) is 0 Å². The van der Waals surface area contributed by atoms with Gasteiger partial charge in [0.25, 0.3) is 0 Å². The Morgan fingerprint density at radius 2 is 2.04 bits per heavy atom. The van der Waals surface area contributed by atoms with Gasteiger partial charge in [0.2, 0.25) is 0 Å². The highest BCUT2D eigenvalue weighted by atomic mass is 32.1. The van der Waals surface area contributed by atoms with Gasteiger partial charge in [-0.1, -0.05) is 25.1 Å². The van der Waals surface area contributed by atoms with Gasteiger partial charge in [0.05, 0.1) is 7.11 Å². The fraction of sp³-hybridized carbons (Fsp3) is 0.286. The van der Waals surface area contributed by atoms with Crippen molar-refractivity contribution in [2.45, 2.75) is 32.5 Å². The summed E-state index contributed by atoms with van der Waals surface area (Å²) in [6.45, 7) is 3.45. The minimum atomic E-state index is 0.372. The van der Waals surface area contributed by atoms with Crippen molar-refractivity contribution in [1.82, 2.24) is 10.3 Å². The van der Waals surface area contributed by atoms with E-state index in [0.29, 0.717) is 12.6 Å². The lowest BCUT2D eigenvalue weighted by molar-refractivity contribution is 0.283. The molecule has 0 amide bonds. The van der Waals surface area contributed by atoms with Gasteiger partial charge < -0.3 is 14.8 Å². The second-order valence-electron chi connectivity index (χ2n) is 5.99. The van der Waals surface area contributed by atoms with Gasteiger partial charge in [0.1, 0.15) is 6.61 Å². The van der Waals surface area contributed by atoms with E-state index in [9.17, 15) is 0 Å². The Bertz CT molecular complexity index is 791. The Morgan fingerprint density at radius 3 is 2.73 bits per heavy atom. The first-order valence-corrected chi connectivity index (χ1v) is 9.63. The summed E-state index contributed by atoms with van der Waals surface area (Å²) >= 11 is 1.79. The summed E-state index contributed by atoms with van der Waals surface area (Å²) < 4.78 is 11.4. The molecule has 0 aliphatic carbocycles. The third-order valence-corrected chi connectivity index (χ3v) is 5.18. The van der Waals surface area contributed by atoms with Crippen molar-refractivity contribution in [3.63, 3.8) is 0 Å². The highest BCUT2D eigenvalue weighted by molar-refractivity contribution is 7.10. The molecule has 0 fully saturated rings. The Labute approximate surface area is 158 Å². The molecule has 0 spiro atoms. The molecule has 4 nitrogen and oxygen atoms in total. The molecule has 0 bridgehead atoms. The Hall–Kier alpha value is -2.37. The van der Waals surface area contributed by atoms with Gasteiger partial charge in [-0.25, -0.2) is 0 Å². The Balaban J connectivity index is 1.66. The number of hydrogen-bond acceptors (Lipinski definition) is 5. The van der Waals surface area contributed by atoms with E-state index in [4.69, 9.17) is 9.47 Å². The van der Waals surface area contributed by atoms with Crippen LogP contribution in [0.4, 0.5) is 0 Å². The smallest absolute Gasteiger partial charge is 0.161 e. The first-order chi connectivity index (χ1) is 12.8. The largest absolute Gasteiger partial charge is 0.493 e. The molecule has 5 heteroatoms. The molecule has 1 aromatic carbocycles. The summed E-state index contributed by atoms with van der Waals surface area (Å²) in [5.41, 5.74) is 2.20. The first-order valence-electron chi connectivity index (χ1n) is 8.75. The van der Waals surface area contributed by atoms with Crippen LogP contribution in [0.15, 0.2) is 60.2 Å². The first kappa shape index (κ1) is 18.4. The number of thiophene rings is 1. The van der Waals surface area contributed by atoms with Crippen LogP contribution in [-0.4, -0.2) is 12.1 Å². The maximum atomic E-state index is 5.97. The number of benzene rings is 1. The van der Waals surface area contributed by atoms with Gasteiger partial charge in [-0.3, -0.25) is 4.98 Å². The van der Waals surface area contributed by atoms with E-state index in [-0.39, 0.29) is 0 Å². The summed E-state index contributed by atoms with van der Waals surface area (Å²) in [6.07, 6.45) is 4.62. The maximum Gasteiger partial charge on any atom is 0.161 e. The fourth-order valence-corrected chi connectivity index (χ4v) is 3.65. The molecule has 3 rings (SSSR count). The third kappa shape index (κ3) is 4.84. The van der Waals surface area contributed by atoms with Crippen molar-refractivity contribution in [3.8, 4) is 11.5 Å². The van der Waals surface area contributed by atoms with Crippen molar-refractivity contribution in [2.24, 2.45) is 0 Å². The maximum absolute atomic E-state index is 5.97. The normalized spacial score (nSPS) is 11.9. The molecule has 2 aromatic heterocycles. The van der Waals surface area contributed by atoms with Crippen molar-refractivity contribution in [3.05, 3.63) is 76.2 Å². The SMILES string of the molecule is CCC(NCc1ccc(OC)c(OCc2cccnc2)c1)c1cccs1. The predicted molar refractivity (Wildman–Crippen MR) is 106 cm³/mol. The summed E-state index contributed by atoms with van der Waals surface area (Å²) in [4.78, 5) is 5.49. The quantitative estimate of drug-likeness (QED) is 0.579. The minimum absolute atomic E-state index is 0.372. The number of methoxy groups -OCH3 is 1. The van der Waals surface area contributed by atoms with Crippen LogP contribution in [0.3, 0.4) is 0 Å². The van der Waals surface area contributed by atoms with Crippen molar-refractivity contribution in [1.29, 1.82) is 0 Å². The van der Waals surface area contributed by atoms with E-state index in [1.54, 1.807) is 24.6 Å². The molecular weight excluding hydrogens is 344 g/mol. The average molecular weight is 369 g/mol. The third-order valence-electron chi connectivity index (χ3n) is 4.19. The number of nitrogens with one attached hydrogen (secondary N) is 1. The monoisotopic (exact) mass is 368 g/mol. The Morgan fingerprint density at radius 1 is 1.12 bits per heavy atom. The van der Waals surface area contributed by atoms with E-state index in [1.807, 2.05) is 30.5 Å². The molecule has 0 aliphatic heterocycles. The molecule has 1 atom stereocenters. The average Bonchev–Trinajstić information content (AvgIpc) is 3.22. The van der Waals surface area contributed by atoms with E-state index < -0.39 is 0 Å². The number of rotatable bonds is 9. The van der Waals surface area contributed by atoms with Crippen LogP contribution in [0.2, 0.25) is 0 Å². The zero-order valence-corrected chi connectivity index (χ0v) is 16.0. The standard InChI is InChI=1S/C21H24N2O2S/c1-3-18(21-7-5-11-26-21)23-14-16-8-9-19(24-2)20(12-16)25-15-17-6-4-10-22-13-17/h4-13,18,23H,3,14-15H2,1-2H3. The molecule has 2 heterocycles. The van der Waals surface area contributed by atoms with Crippen LogP contribution in [0.1, 0.15) is 35.4 Å². The van der Waals surface area contributed by atoms with Crippen LogP contribution in [0.5, 0.6) is 11.5 Å². The van der Waals surface area contributed by atoms with Crippen LogP contribution in [0, 0.1) is 0 Å². The number of aromatic nitrogens is 1. The van der Waals surface area contributed by atoms with Crippen LogP contribution in [0.25, 0.3) is 0 Å². The van der Waals surface area contributed by atoms with Gasteiger partial charge in [0.15, 0.2) is 11.5 Å². The second kappa shape index (κ2) is 9.36. The minimum Gasteiger partial charge on any atom is -0.493 e. The predicted octanol–water partition coefficient (Wildman–Crippen LogP) is 4.97. The zero-order valence-electron chi connectivity index (χ0n) is 15.1. The summed E-state index contributed by atoms with van der Waals surface area (Å²) in [5.74, 6) is 1.49. The molecule has 0 aliphatic rings. The van der Waals surface area contributed by atoms with Crippen molar-refractivity contribution in [2.75, 3.05) is 7.11 Å². The summed E-state index contributed by atoms with van der Waals surface area (Å²) in [6, 6.07) is 14.6. The number of hydrogen-bond donors (Lipinski definition) is 1. The topological polar surface area (TPSA) is 43.4 Å². The number of pyridine rings is 1. The van der Waals surface area contributed by atoms with E-state index >= 15 is 0 Å². The van der Waals surface area contributed by atoms with E-state index in [2.05, 4.69) is 40.8 Å². The van der Waals surface area contributed by atoms with Gasteiger partial charge >= 0.3 is 0 Å². The molecule has 1 N–H and O–H groups in total. The Kier molecular flexibility index (Phi) is 6.63. The summed E-state index contributed by atoms with van der Waals surface area (Å²) in [7, 11) is 1.66. The van der Waals surface area contributed by atoms with E-state index in [0.717, 1.165) is 30.0 Å². The van der Waals surface area contributed by atoms with Gasteiger partial charge in [-0.15, -0.1) is 11.3 Å². The lowest BCUT2D eigenvalue weighted by atomic mass is 10.1. The van der Waals surface area contributed by atoms with Gasteiger partial charge in [0, 0.05) is 35.4 Å². The molecule has 136 valence electrons. The molecule has 0 saturated carbocycles. The number of nitrogens with zero attached hydrogens (tertiary/aromatic N) is 1. The van der Waals surface area contributed by atoms with Crippen LogP contribution in [-0.2, 0) is 13.2 Å². The van der Waals surface area contributed by atoms with E-state index in [1.165, 1.54) is 10.4 Å². The van der Waals surface area contributed by atoms with Crippen LogP contribution >= 0.6 is 11.3 Å². The van der Waals surface area contributed by atoms with Crippen LogP contribution < -0.4 is 14.8 Å². The molecule has 0 saturated heterocycles. The number of ether oxygens (including phenoxy) is 2. The molecular formula is C21H24N2O2S. The molecule has 0 radical (unpaired) electrons. The lowest BCUT2D eigenvalue weighted by Gasteiger charge is -2.17. The molecule has 1 unspecified atom stereocenters. The molecule has 26 heavy (non-hydrogen) atoms. The highest BCUT2D eigenvalue weighted by Crippen LogP contribution is 2.29. The zero-order chi connectivity index (χ0) is 18.2. The fourth-order valence-electron chi connectivity index (χ4n) is 2.77. The lowest BCUT2D eigenvalue weighted by Crippen LogP contribution is -2.19. The van der Waals surface area contributed by atoms with Crippen molar-refractivity contribution < 1.29 is 9.47 Å². The van der Waals surface area contributed by atoms with Gasteiger partial charge in [-0.05, 0) is 41.6 Å².